The molecule has 28 heavy (non-hydrogen) atoms. The molecule has 4 rings (SSSR count). The van der Waals surface area contributed by atoms with Crippen LogP contribution in [0.3, 0.4) is 0 Å². The van der Waals surface area contributed by atoms with E-state index in [1.807, 2.05) is 48.2 Å². The second kappa shape index (κ2) is 7.43. The number of methoxy groups -OCH3 is 1. The highest BCUT2D eigenvalue weighted by atomic mass is 16.6. The lowest BCUT2D eigenvalue weighted by molar-refractivity contribution is -0.0542. The van der Waals surface area contributed by atoms with Gasteiger partial charge in [0.15, 0.2) is 0 Å². The summed E-state index contributed by atoms with van der Waals surface area (Å²) in [5.41, 5.74) is 1.76. The van der Waals surface area contributed by atoms with Gasteiger partial charge in [-0.25, -0.2) is 9.78 Å². The average Bonchev–Trinajstić information content (AvgIpc) is 2.98. The van der Waals surface area contributed by atoms with Crippen LogP contribution in [0.1, 0.15) is 42.4 Å². The van der Waals surface area contributed by atoms with Crippen molar-refractivity contribution in [3.05, 3.63) is 59.3 Å². The van der Waals surface area contributed by atoms with Crippen molar-refractivity contribution < 1.29 is 19.4 Å². The first kappa shape index (κ1) is 18.7. The predicted molar refractivity (Wildman–Crippen MR) is 104 cm³/mol. The van der Waals surface area contributed by atoms with Gasteiger partial charge in [0.25, 0.3) is 0 Å². The maximum absolute atomic E-state index is 12.7. The number of carbonyl (C=O) groups excluding carboxylic acids is 1. The van der Waals surface area contributed by atoms with Crippen LogP contribution in [0.5, 0.6) is 5.88 Å². The van der Waals surface area contributed by atoms with Crippen LogP contribution >= 0.6 is 0 Å². The fourth-order valence-corrected chi connectivity index (χ4v) is 4.67. The van der Waals surface area contributed by atoms with Crippen molar-refractivity contribution in [3.63, 3.8) is 0 Å². The van der Waals surface area contributed by atoms with Gasteiger partial charge in [0.1, 0.15) is 6.61 Å². The number of hydrogen-bond donors (Lipinski definition) is 1. The van der Waals surface area contributed by atoms with E-state index in [0.29, 0.717) is 18.7 Å². The third kappa shape index (κ3) is 3.44. The number of benzene rings is 1. The van der Waals surface area contributed by atoms with E-state index in [2.05, 4.69) is 4.98 Å². The first-order valence-electron chi connectivity index (χ1n) is 9.73. The maximum Gasteiger partial charge on any atom is 0.410 e. The molecule has 2 unspecified atom stereocenters. The third-order valence-corrected chi connectivity index (χ3v) is 5.98. The zero-order chi connectivity index (χ0) is 19.7. The maximum atomic E-state index is 12.7. The van der Waals surface area contributed by atoms with Crippen LogP contribution in [0.25, 0.3) is 0 Å². The van der Waals surface area contributed by atoms with Gasteiger partial charge in [-0.2, -0.15) is 0 Å². The fraction of sp³-hybridized carbons (Fsp3) is 0.455. The Hall–Kier alpha value is -2.60. The molecule has 6 nitrogen and oxygen atoms in total. The zero-order valence-electron chi connectivity index (χ0n) is 16.3. The minimum atomic E-state index is -0.981. The number of fused-ring (bicyclic) bond motifs is 2. The van der Waals surface area contributed by atoms with Gasteiger partial charge in [-0.1, -0.05) is 30.3 Å². The van der Waals surface area contributed by atoms with Gasteiger partial charge in [-0.05, 0) is 30.9 Å². The molecule has 2 fully saturated rings. The molecule has 2 aliphatic heterocycles. The number of ether oxygens (including phenoxy) is 2. The molecule has 1 N–H and O–H groups in total. The summed E-state index contributed by atoms with van der Waals surface area (Å²) in [6.07, 6.45) is 4.18. The average molecular weight is 382 g/mol. The Morgan fingerprint density at radius 2 is 1.93 bits per heavy atom. The smallest absolute Gasteiger partial charge is 0.410 e. The van der Waals surface area contributed by atoms with Crippen LogP contribution in [0.15, 0.2) is 42.6 Å². The quantitative estimate of drug-likeness (QED) is 0.876. The predicted octanol–water partition coefficient (Wildman–Crippen LogP) is 3.55. The van der Waals surface area contributed by atoms with Crippen LogP contribution < -0.4 is 4.74 Å². The Labute approximate surface area is 165 Å². The zero-order valence-corrected chi connectivity index (χ0v) is 16.3. The molecule has 148 valence electrons. The number of carbonyl (C=O) groups is 1. The molecule has 0 saturated carbocycles. The number of aromatic nitrogens is 1. The van der Waals surface area contributed by atoms with Gasteiger partial charge < -0.3 is 19.5 Å². The molecule has 2 aromatic rings. The highest BCUT2D eigenvalue weighted by Gasteiger charge is 2.51. The first-order chi connectivity index (χ1) is 13.5. The van der Waals surface area contributed by atoms with Crippen molar-refractivity contribution in [2.24, 2.45) is 0 Å². The summed E-state index contributed by atoms with van der Waals surface area (Å²) in [6.45, 7) is 2.22. The summed E-state index contributed by atoms with van der Waals surface area (Å²) < 4.78 is 10.7. The van der Waals surface area contributed by atoms with Gasteiger partial charge >= 0.3 is 6.09 Å². The molecule has 6 heteroatoms. The van der Waals surface area contributed by atoms with Crippen molar-refractivity contribution in [1.82, 2.24) is 9.88 Å². The largest absolute Gasteiger partial charge is 0.481 e. The summed E-state index contributed by atoms with van der Waals surface area (Å²) in [5, 5.41) is 11.4. The van der Waals surface area contributed by atoms with Gasteiger partial charge in [0, 0.05) is 42.8 Å². The molecule has 2 aliphatic rings. The summed E-state index contributed by atoms with van der Waals surface area (Å²) in [5.74, 6) is 0.537. The Morgan fingerprint density at radius 3 is 2.54 bits per heavy atom. The van der Waals surface area contributed by atoms with E-state index in [1.165, 1.54) is 0 Å². The molecule has 2 saturated heterocycles. The van der Waals surface area contributed by atoms with E-state index < -0.39 is 5.60 Å². The standard InChI is InChI=1S/C22H26N2O4/c1-15-10-20(27-2)23-13-19(15)22(26)11-17-8-9-18(12-22)24(17)21(25)28-14-16-6-4-3-5-7-16/h3-7,10,13,17-18,26H,8-9,11-12,14H2,1-2H3. The Bertz CT molecular complexity index is 841. The Kier molecular flexibility index (Phi) is 4.98. The van der Waals surface area contributed by atoms with Crippen LogP contribution in [0.4, 0.5) is 4.79 Å². The highest BCUT2D eigenvalue weighted by Crippen LogP contribution is 2.46. The van der Waals surface area contributed by atoms with E-state index in [4.69, 9.17) is 9.47 Å². The number of nitrogens with zero attached hydrogens (tertiary/aromatic N) is 2. The molecule has 1 aromatic heterocycles. The van der Waals surface area contributed by atoms with E-state index in [1.54, 1.807) is 13.3 Å². The molecular formula is C22H26N2O4. The molecule has 2 bridgehead atoms. The molecular weight excluding hydrogens is 356 g/mol. The minimum absolute atomic E-state index is 0.0199. The molecule has 1 amide bonds. The lowest BCUT2D eigenvalue weighted by Gasteiger charge is -2.43. The number of aryl methyl sites for hydroxylation is 1. The Morgan fingerprint density at radius 1 is 1.25 bits per heavy atom. The van der Waals surface area contributed by atoms with Gasteiger partial charge in [-0.3, -0.25) is 0 Å². The van der Waals surface area contributed by atoms with Gasteiger partial charge in [0.05, 0.1) is 12.7 Å². The fourth-order valence-electron chi connectivity index (χ4n) is 4.67. The number of piperidine rings is 1. The summed E-state index contributed by atoms with van der Waals surface area (Å²) in [4.78, 5) is 18.8. The third-order valence-electron chi connectivity index (χ3n) is 5.98. The van der Waals surface area contributed by atoms with Crippen molar-refractivity contribution >= 4 is 6.09 Å². The normalized spacial score (nSPS) is 26.2. The van der Waals surface area contributed by atoms with E-state index >= 15 is 0 Å². The lowest BCUT2D eigenvalue weighted by atomic mass is 9.79. The second-order valence-corrected chi connectivity index (χ2v) is 7.81. The molecule has 3 heterocycles. The molecule has 0 radical (unpaired) electrons. The SMILES string of the molecule is COc1cc(C)c(C2(O)CC3CCC(C2)N3C(=O)OCc2ccccc2)cn1. The van der Waals surface area contributed by atoms with Crippen LogP contribution in [-0.4, -0.2) is 40.3 Å². The second-order valence-electron chi connectivity index (χ2n) is 7.81. The van der Waals surface area contributed by atoms with Gasteiger partial charge in [0.2, 0.25) is 5.88 Å². The molecule has 2 atom stereocenters. The van der Waals surface area contributed by atoms with Crippen LogP contribution in [0, 0.1) is 6.92 Å². The van der Waals surface area contributed by atoms with E-state index in [0.717, 1.165) is 29.5 Å². The number of amides is 1. The molecule has 0 spiro atoms. The molecule has 1 aromatic carbocycles. The number of aliphatic hydroxyl groups is 1. The van der Waals surface area contributed by atoms with E-state index in [-0.39, 0.29) is 24.8 Å². The summed E-state index contributed by atoms with van der Waals surface area (Å²) in [7, 11) is 1.58. The monoisotopic (exact) mass is 382 g/mol. The number of hydrogen-bond acceptors (Lipinski definition) is 5. The summed E-state index contributed by atoms with van der Waals surface area (Å²) >= 11 is 0. The van der Waals surface area contributed by atoms with Crippen LogP contribution in [-0.2, 0) is 16.9 Å². The van der Waals surface area contributed by atoms with E-state index in [9.17, 15) is 9.90 Å². The Balaban J connectivity index is 1.47. The van der Waals surface area contributed by atoms with Crippen molar-refractivity contribution in [1.29, 1.82) is 0 Å². The van der Waals surface area contributed by atoms with Crippen molar-refractivity contribution in [2.75, 3.05) is 7.11 Å². The topological polar surface area (TPSA) is 71.9 Å². The first-order valence-corrected chi connectivity index (χ1v) is 9.73. The number of rotatable bonds is 4. The molecule has 0 aliphatic carbocycles. The summed E-state index contributed by atoms with van der Waals surface area (Å²) in [6, 6.07) is 11.5. The highest BCUT2D eigenvalue weighted by molar-refractivity contribution is 5.69. The van der Waals surface area contributed by atoms with Crippen LogP contribution in [0.2, 0.25) is 0 Å². The van der Waals surface area contributed by atoms with Gasteiger partial charge in [-0.15, -0.1) is 0 Å². The minimum Gasteiger partial charge on any atom is -0.481 e. The number of pyridine rings is 1. The van der Waals surface area contributed by atoms with Crippen molar-refractivity contribution in [3.8, 4) is 5.88 Å². The lowest BCUT2D eigenvalue weighted by Crippen LogP contribution is -2.52. The van der Waals surface area contributed by atoms with Crippen molar-refractivity contribution in [2.45, 2.75) is 56.9 Å².